The number of amides is 1. The maximum Gasteiger partial charge on any atom is 0.410 e. The predicted octanol–water partition coefficient (Wildman–Crippen LogP) is 4.08. The van der Waals surface area contributed by atoms with E-state index >= 15 is 0 Å². The van der Waals surface area contributed by atoms with Crippen LogP contribution in [0.15, 0.2) is 16.7 Å². The fraction of sp³-hybridized carbons (Fsp3) is 0.600. The lowest BCUT2D eigenvalue weighted by Crippen LogP contribution is -2.35. The molecule has 1 amide bonds. The third-order valence-electron chi connectivity index (χ3n) is 3.17. The lowest BCUT2D eigenvalue weighted by molar-refractivity contribution is 0.0284. The molecule has 22 heavy (non-hydrogen) atoms. The quantitative estimate of drug-likeness (QED) is 0.609. The lowest BCUT2D eigenvalue weighted by atomic mass is 10.1. The highest BCUT2D eigenvalue weighted by Crippen LogP contribution is 2.24. The summed E-state index contributed by atoms with van der Waals surface area (Å²) in [4.78, 5) is 18.0. The van der Waals surface area contributed by atoms with E-state index in [0.717, 1.165) is 14.5 Å². The molecule has 1 aliphatic heterocycles. The van der Waals surface area contributed by atoms with Gasteiger partial charge in [0.15, 0.2) is 0 Å². The highest BCUT2D eigenvalue weighted by atomic mass is 127. The number of ether oxygens (including phenoxy) is 2. The summed E-state index contributed by atoms with van der Waals surface area (Å²) in [7, 11) is 0. The number of likely N-dealkylation sites (tertiary alicyclic amines) is 1. The van der Waals surface area contributed by atoms with E-state index in [1.54, 1.807) is 11.1 Å². The summed E-state index contributed by atoms with van der Waals surface area (Å²) in [6, 6.07) is 1.96. The maximum absolute atomic E-state index is 12.0. The van der Waals surface area contributed by atoms with Crippen molar-refractivity contribution in [1.29, 1.82) is 0 Å². The van der Waals surface area contributed by atoms with Crippen molar-refractivity contribution in [3.05, 3.63) is 20.3 Å². The van der Waals surface area contributed by atoms with E-state index in [1.807, 2.05) is 26.8 Å². The SMILES string of the molecule is CC(C)(C)OC(=O)N1CC[C@@H](COc2ncc(Br)cc2I)C1. The number of carbonyl (C=O) groups is 1. The molecule has 0 unspecified atom stereocenters. The van der Waals surface area contributed by atoms with E-state index in [9.17, 15) is 4.79 Å². The Morgan fingerprint density at radius 3 is 2.91 bits per heavy atom. The normalized spacial score (nSPS) is 18.4. The van der Waals surface area contributed by atoms with Gasteiger partial charge < -0.3 is 14.4 Å². The van der Waals surface area contributed by atoms with Gasteiger partial charge in [0.25, 0.3) is 0 Å². The van der Waals surface area contributed by atoms with Gasteiger partial charge in [-0.05, 0) is 71.8 Å². The zero-order valence-electron chi connectivity index (χ0n) is 12.9. The Morgan fingerprint density at radius 2 is 2.27 bits per heavy atom. The molecule has 0 saturated carbocycles. The molecule has 2 heterocycles. The molecule has 0 bridgehead atoms. The summed E-state index contributed by atoms with van der Waals surface area (Å²) >= 11 is 5.58. The molecule has 1 aliphatic rings. The number of hydrogen-bond acceptors (Lipinski definition) is 4. The second kappa shape index (κ2) is 7.33. The minimum Gasteiger partial charge on any atom is -0.477 e. The Labute approximate surface area is 153 Å². The van der Waals surface area contributed by atoms with Gasteiger partial charge >= 0.3 is 6.09 Å². The van der Waals surface area contributed by atoms with Crippen LogP contribution in [0.2, 0.25) is 0 Å². The minimum absolute atomic E-state index is 0.244. The van der Waals surface area contributed by atoms with Crippen LogP contribution in [0.5, 0.6) is 5.88 Å². The molecule has 1 atom stereocenters. The molecular weight excluding hydrogens is 463 g/mol. The van der Waals surface area contributed by atoms with Crippen molar-refractivity contribution in [2.75, 3.05) is 19.7 Å². The Balaban J connectivity index is 1.82. The van der Waals surface area contributed by atoms with Crippen molar-refractivity contribution in [1.82, 2.24) is 9.88 Å². The fourth-order valence-electron chi connectivity index (χ4n) is 2.17. The predicted molar refractivity (Wildman–Crippen MR) is 96.1 cm³/mol. The average Bonchev–Trinajstić information content (AvgIpc) is 2.84. The molecule has 0 aliphatic carbocycles. The van der Waals surface area contributed by atoms with Crippen molar-refractivity contribution in [2.24, 2.45) is 5.92 Å². The van der Waals surface area contributed by atoms with Gasteiger partial charge in [-0.2, -0.15) is 0 Å². The zero-order valence-corrected chi connectivity index (χ0v) is 16.7. The molecule has 122 valence electrons. The van der Waals surface area contributed by atoms with Crippen molar-refractivity contribution >= 4 is 44.6 Å². The molecule has 1 aromatic rings. The lowest BCUT2D eigenvalue weighted by Gasteiger charge is -2.24. The van der Waals surface area contributed by atoms with Crippen LogP contribution in [0, 0.1) is 9.49 Å². The van der Waals surface area contributed by atoms with E-state index in [0.29, 0.717) is 31.5 Å². The van der Waals surface area contributed by atoms with Gasteiger partial charge in [0, 0.05) is 29.7 Å². The van der Waals surface area contributed by atoms with Crippen molar-refractivity contribution in [2.45, 2.75) is 32.8 Å². The first kappa shape index (κ1) is 17.8. The second-order valence-electron chi connectivity index (χ2n) is 6.33. The third-order valence-corrected chi connectivity index (χ3v) is 4.37. The van der Waals surface area contributed by atoms with Crippen LogP contribution in [0.3, 0.4) is 0 Å². The van der Waals surface area contributed by atoms with Crippen LogP contribution >= 0.6 is 38.5 Å². The monoisotopic (exact) mass is 482 g/mol. The first-order valence-corrected chi connectivity index (χ1v) is 9.03. The Hall–Kier alpha value is -0.570. The van der Waals surface area contributed by atoms with Gasteiger partial charge in [0.05, 0.1) is 10.2 Å². The van der Waals surface area contributed by atoms with Crippen LogP contribution in [-0.4, -0.2) is 41.3 Å². The number of pyridine rings is 1. The van der Waals surface area contributed by atoms with Gasteiger partial charge in [-0.15, -0.1) is 0 Å². The molecule has 1 aromatic heterocycles. The third kappa shape index (κ3) is 5.26. The van der Waals surface area contributed by atoms with Gasteiger partial charge in [-0.1, -0.05) is 0 Å². The summed E-state index contributed by atoms with van der Waals surface area (Å²) < 4.78 is 13.1. The number of rotatable bonds is 3. The molecule has 1 fully saturated rings. The highest BCUT2D eigenvalue weighted by molar-refractivity contribution is 14.1. The van der Waals surface area contributed by atoms with Crippen LogP contribution < -0.4 is 4.74 Å². The van der Waals surface area contributed by atoms with Gasteiger partial charge in [0.2, 0.25) is 5.88 Å². The van der Waals surface area contributed by atoms with Crippen LogP contribution in [-0.2, 0) is 4.74 Å². The first-order valence-electron chi connectivity index (χ1n) is 7.16. The largest absolute Gasteiger partial charge is 0.477 e. The van der Waals surface area contributed by atoms with Crippen molar-refractivity contribution in [3.63, 3.8) is 0 Å². The standard InChI is InChI=1S/C15H20BrIN2O3/c1-15(2,3)22-14(20)19-5-4-10(8-19)9-21-13-12(17)6-11(16)7-18-13/h6-7,10H,4-5,8-9H2,1-3H3/t10-/m1/s1. The minimum atomic E-state index is -0.455. The Bertz CT molecular complexity index is 548. The first-order chi connectivity index (χ1) is 10.2. The Morgan fingerprint density at radius 1 is 1.55 bits per heavy atom. The summed E-state index contributed by atoms with van der Waals surface area (Å²) in [5.74, 6) is 0.952. The topological polar surface area (TPSA) is 51.7 Å². The number of aromatic nitrogens is 1. The molecule has 0 radical (unpaired) electrons. The Kier molecular flexibility index (Phi) is 5.93. The zero-order chi connectivity index (χ0) is 16.3. The summed E-state index contributed by atoms with van der Waals surface area (Å²) in [6.07, 6.45) is 2.40. The molecule has 0 spiro atoms. The van der Waals surface area contributed by atoms with Gasteiger partial charge in [0.1, 0.15) is 5.60 Å². The molecule has 5 nitrogen and oxygen atoms in total. The number of halogens is 2. The highest BCUT2D eigenvalue weighted by Gasteiger charge is 2.30. The molecule has 0 N–H and O–H groups in total. The van der Waals surface area contributed by atoms with Crippen molar-refractivity contribution < 1.29 is 14.3 Å². The average molecular weight is 483 g/mol. The second-order valence-corrected chi connectivity index (χ2v) is 8.41. The van der Waals surface area contributed by atoms with Gasteiger partial charge in [-0.3, -0.25) is 0 Å². The molecule has 0 aromatic carbocycles. The molecular formula is C15H20BrIN2O3. The summed E-state index contributed by atoms with van der Waals surface area (Å²) in [5, 5.41) is 0. The maximum atomic E-state index is 12.0. The van der Waals surface area contributed by atoms with Crippen molar-refractivity contribution in [3.8, 4) is 5.88 Å². The van der Waals surface area contributed by atoms with E-state index in [1.165, 1.54) is 0 Å². The summed E-state index contributed by atoms with van der Waals surface area (Å²) in [5.41, 5.74) is -0.455. The molecule has 7 heteroatoms. The summed E-state index contributed by atoms with van der Waals surface area (Å²) in [6.45, 7) is 7.58. The number of nitrogens with zero attached hydrogens (tertiary/aromatic N) is 2. The van der Waals surface area contributed by atoms with E-state index in [-0.39, 0.29) is 6.09 Å². The number of hydrogen-bond donors (Lipinski definition) is 0. The fourth-order valence-corrected chi connectivity index (χ4v) is 3.56. The molecule has 2 rings (SSSR count). The van der Waals surface area contributed by atoms with E-state index in [2.05, 4.69) is 43.5 Å². The van der Waals surface area contributed by atoms with Crippen LogP contribution in [0.4, 0.5) is 4.79 Å². The smallest absolute Gasteiger partial charge is 0.410 e. The van der Waals surface area contributed by atoms with Gasteiger partial charge in [-0.25, -0.2) is 9.78 Å². The van der Waals surface area contributed by atoms with Crippen LogP contribution in [0.25, 0.3) is 0 Å². The van der Waals surface area contributed by atoms with E-state index in [4.69, 9.17) is 9.47 Å². The number of carbonyl (C=O) groups excluding carboxylic acids is 1. The van der Waals surface area contributed by atoms with Crippen LogP contribution in [0.1, 0.15) is 27.2 Å². The molecule has 1 saturated heterocycles. The van der Waals surface area contributed by atoms with E-state index < -0.39 is 5.60 Å².